The van der Waals surface area contributed by atoms with Crippen LogP contribution in [0.15, 0.2) is 30.7 Å². The van der Waals surface area contributed by atoms with Gasteiger partial charge in [-0.2, -0.15) is 0 Å². The summed E-state index contributed by atoms with van der Waals surface area (Å²) in [7, 11) is 0. The van der Waals surface area contributed by atoms with Gasteiger partial charge in [-0.05, 0) is 24.6 Å². The lowest BCUT2D eigenvalue weighted by Crippen LogP contribution is -2.05. The van der Waals surface area contributed by atoms with Gasteiger partial charge in [-0.3, -0.25) is 0 Å². The van der Waals surface area contributed by atoms with Gasteiger partial charge in [-0.15, -0.1) is 0 Å². The van der Waals surface area contributed by atoms with E-state index >= 15 is 0 Å². The summed E-state index contributed by atoms with van der Waals surface area (Å²) in [5.41, 5.74) is 1.05. The molecule has 0 radical (unpaired) electrons. The predicted octanol–water partition coefficient (Wildman–Crippen LogP) is 2.05. The van der Waals surface area contributed by atoms with Crippen LogP contribution in [0.3, 0.4) is 0 Å². The number of nitrogens with zero attached hydrogens (tertiary/aromatic N) is 3. The molecule has 5 nitrogen and oxygen atoms in total. The van der Waals surface area contributed by atoms with Gasteiger partial charge in [0.15, 0.2) is 5.82 Å². The van der Waals surface area contributed by atoms with E-state index in [1.165, 1.54) is 0 Å². The van der Waals surface area contributed by atoms with Crippen molar-refractivity contribution in [3.05, 3.63) is 42.1 Å². The van der Waals surface area contributed by atoms with Crippen LogP contribution in [-0.2, 0) is 6.54 Å². The lowest BCUT2D eigenvalue weighted by atomic mass is 10.2. The van der Waals surface area contributed by atoms with Gasteiger partial charge < -0.3 is 10.6 Å². The van der Waals surface area contributed by atoms with E-state index in [2.05, 4.69) is 25.6 Å². The third kappa shape index (κ3) is 3.38. The summed E-state index contributed by atoms with van der Waals surface area (Å²) < 4.78 is 12.6. The van der Waals surface area contributed by atoms with E-state index < -0.39 is 5.82 Å². The summed E-state index contributed by atoms with van der Waals surface area (Å²) in [6.07, 6.45) is 4.00. The van der Waals surface area contributed by atoms with Crippen molar-refractivity contribution in [2.45, 2.75) is 13.5 Å². The molecule has 2 aromatic rings. The standard InChI is InChI=1S/C12H14FN5/c1-2-14-11-5-9(3-4-15-11)6-16-12-17-7-10(13)8-18-12/h3-5,7-8H,2,6H2,1H3,(H,14,15)(H,16,17,18). The predicted molar refractivity (Wildman–Crippen MR) is 67.7 cm³/mol. The van der Waals surface area contributed by atoms with Gasteiger partial charge in [0.25, 0.3) is 0 Å². The van der Waals surface area contributed by atoms with Crippen LogP contribution in [0.4, 0.5) is 16.2 Å². The molecule has 0 aliphatic heterocycles. The Hall–Kier alpha value is -2.24. The summed E-state index contributed by atoms with van der Waals surface area (Å²) in [5.74, 6) is 0.786. The number of anilines is 2. The fraction of sp³-hybridized carbons (Fsp3) is 0.250. The number of rotatable bonds is 5. The normalized spacial score (nSPS) is 10.1. The van der Waals surface area contributed by atoms with Gasteiger partial charge >= 0.3 is 0 Å². The highest BCUT2D eigenvalue weighted by Crippen LogP contribution is 2.08. The Morgan fingerprint density at radius 2 is 1.94 bits per heavy atom. The topological polar surface area (TPSA) is 62.7 Å². The first-order valence-electron chi connectivity index (χ1n) is 5.68. The van der Waals surface area contributed by atoms with Crippen molar-refractivity contribution in [3.8, 4) is 0 Å². The van der Waals surface area contributed by atoms with E-state index in [-0.39, 0.29) is 0 Å². The Labute approximate surface area is 105 Å². The molecule has 0 bridgehead atoms. The molecule has 0 aliphatic carbocycles. The van der Waals surface area contributed by atoms with Crippen molar-refractivity contribution in [3.63, 3.8) is 0 Å². The van der Waals surface area contributed by atoms with E-state index in [1.54, 1.807) is 6.20 Å². The van der Waals surface area contributed by atoms with Crippen molar-refractivity contribution in [2.24, 2.45) is 0 Å². The zero-order chi connectivity index (χ0) is 12.8. The lowest BCUT2D eigenvalue weighted by molar-refractivity contribution is 0.614. The van der Waals surface area contributed by atoms with Crippen molar-refractivity contribution in [2.75, 3.05) is 17.2 Å². The fourth-order valence-corrected chi connectivity index (χ4v) is 1.45. The van der Waals surface area contributed by atoms with Gasteiger partial charge in [0.2, 0.25) is 5.95 Å². The highest BCUT2D eigenvalue weighted by molar-refractivity contribution is 5.38. The Kier molecular flexibility index (Phi) is 4.01. The van der Waals surface area contributed by atoms with E-state index in [1.807, 2.05) is 19.1 Å². The van der Waals surface area contributed by atoms with E-state index in [0.29, 0.717) is 12.5 Å². The zero-order valence-corrected chi connectivity index (χ0v) is 10.0. The third-order valence-electron chi connectivity index (χ3n) is 2.25. The summed E-state index contributed by atoms with van der Waals surface area (Å²) in [6, 6.07) is 3.84. The average Bonchev–Trinajstić information content (AvgIpc) is 2.39. The van der Waals surface area contributed by atoms with Crippen molar-refractivity contribution in [1.82, 2.24) is 15.0 Å². The molecular weight excluding hydrogens is 233 g/mol. The van der Waals surface area contributed by atoms with Crippen molar-refractivity contribution < 1.29 is 4.39 Å². The number of pyridine rings is 1. The van der Waals surface area contributed by atoms with Gasteiger partial charge in [0.05, 0.1) is 12.4 Å². The van der Waals surface area contributed by atoms with Crippen LogP contribution in [0.1, 0.15) is 12.5 Å². The third-order valence-corrected chi connectivity index (χ3v) is 2.25. The number of hydrogen-bond donors (Lipinski definition) is 2. The lowest BCUT2D eigenvalue weighted by Gasteiger charge is -2.06. The minimum absolute atomic E-state index is 0.401. The highest BCUT2D eigenvalue weighted by atomic mass is 19.1. The maximum Gasteiger partial charge on any atom is 0.223 e. The van der Waals surface area contributed by atoms with E-state index in [0.717, 1.165) is 30.3 Å². The molecule has 0 spiro atoms. The molecule has 0 aromatic carbocycles. The Bertz CT molecular complexity index is 500. The molecule has 0 atom stereocenters. The molecule has 0 saturated heterocycles. The summed E-state index contributed by atoms with van der Waals surface area (Å²) in [5, 5.41) is 6.15. The maximum atomic E-state index is 12.6. The first-order chi connectivity index (χ1) is 8.78. The minimum atomic E-state index is -0.445. The Morgan fingerprint density at radius 3 is 2.67 bits per heavy atom. The Balaban J connectivity index is 1.97. The molecule has 0 saturated carbocycles. The number of hydrogen-bond acceptors (Lipinski definition) is 5. The second-order valence-corrected chi connectivity index (χ2v) is 3.66. The molecule has 0 amide bonds. The van der Waals surface area contributed by atoms with Gasteiger partial charge in [-0.1, -0.05) is 0 Å². The van der Waals surface area contributed by atoms with Crippen LogP contribution < -0.4 is 10.6 Å². The average molecular weight is 247 g/mol. The smallest absolute Gasteiger partial charge is 0.223 e. The minimum Gasteiger partial charge on any atom is -0.370 e. The first-order valence-corrected chi connectivity index (χ1v) is 5.68. The van der Waals surface area contributed by atoms with Gasteiger partial charge in [0, 0.05) is 19.3 Å². The second kappa shape index (κ2) is 5.90. The summed E-state index contributed by atoms with van der Waals surface area (Å²) in [4.78, 5) is 11.8. The van der Waals surface area contributed by atoms with Crippen LogP contribution in [0, 0.1) is 5.82 Å². The van der Waals surface area contributed by atoms with E-state index in [9.17, 15) is 4.39 Å². The fourth-order valence-electron chi connectivity index (χ4n) is 1.45. The largest absolute Gasteiger partial charge is 0.370 e. The van der Waals surface area contributed by atoms with Crippen LogP contribution in [0.25, 0.3) is 0 Å². The molecule has 2 rings (SSSR count). The van der Waals surface area contributed by atoms with Crippen molar-refractivity contribution >= 4 is 11.8 Å². The van der Waals surface area contributed by atoms with Crippen molar-refractivity contribution in [1.29, 1.82) is 0 Å². The maximum absolute atomic E-state index is 12.6. The molecule has 18 heavy (non-hydrogen) atoms. The molecule has 2 N–H and O–H groups in total. The number of halogens is 1. The number of aromatic nitrogens is 3. The molecule has 0 aliphatic rings. The zero-order valence-electron chi connectivity index (χ0n) is 10.0. The first kappa shape index (κ1) is 12.2. The summed E-state index contributed by atoms with van der Waals surface area (Å²) >= 11 is 0. The summed E-state index contributed by atoms with van der Waals surface area (Å²) in [6.45, 7) is 3.40. The second-order valence-electron chi connectivity index (χ2n) is 3.66. The molecule has 0 unspecified atom stereocenters. The SMILES string of the molecule is CCNc1cc(CNc2ncc(F)cn2)ccn1. The Morgan fingerprint density at radius 1 is 1.17 bits per heavy atom. The monoisotopic (exact) mass is 247 g/mol. The number of nitrogens with one attached hydrogen (secondary N) is 2. The van der Waals surface area contributed by atoms with Gasteiger partial charge in [0.1, 0.15) is 5.82 Å². The molecule has 94 valence electrons. The molecule has 6 heteroatoms. The highest BCUT2D eigenvalue weighted by Gasteiger charge is 1.99. The van der Waals surface area contributed by atoms with Crippen LogP contribution >= 0.6 is 0 Å². The molecule has 0 fully saturated rings. The molecular formula is C12H14FN5. The molecule has 2 aromatic heterocycles. The van der Waals surface area contributed by atoms with Crippen LogP contribution in [-0.4, -0.2) is 21.5 Å². The van der Waals surface area contributed by atoms with Crippen LogP contribution in [0.5, 0.6) is 0 Å². The van der Waals surface area contributed by atoms with E-state index in [4.69, 9.17) is 0 Å². The molecule has 2 heterocycles. The van der Waals surface area contributed by atoms with Gasteiger partial charge in [-0.25, -0.2) is 19.3 Å². The quantitative estimate of drug-likeness (QED) is 0.846. The van der Waals surface area contributed by atoms with Crippen LogP contribution in [0.2, 0.25) is 0 Å².